The molecular formula is C26H25NO3. The minimum absolute atomic E-state index is 0.0226. The molecule has 0 radical (unpaired) electrons. The number of hydrogen-bond acceptors (Lipinski definition) is 3. The summed E-state index contributed by atoms with van der Waals surface area (Å²) in [5, 5.41) is 3.11. The molecule has 4 heteroatoms. The number of ketones is 1. The van der Waals surface area contributed by atoms with Crippen molar-refractivity contribution >= 4 is 17.4 Å². The van der Waals surface area contributed by atoms with E-state index in [0.29, 0.717) is 5.56 Å². The molecule has 30 heavy (non-hydrogen) atoms. The van der Waals surface area contributed by atoms with Crippen molar-refractivity contribution < 1.29 is 14.3 Å². The molecule has 0 aliphatic heterocycles. The summed E-state index contributed by atoms with van der Waals surface area (Å²) in [4.78, 5) is 24.7. The van der Waals surface area contributed by atoms with Crippen LogP contribution in [0.15, 0.2) is 66.7 Å². The molecule has 1 N–H and O–H groups in total. The number of carbonyl (C=O) groups is 2. The number of nitrogens with one attached hydrogen (secondary N) is 1. The maximum atomic E-state index is 13.1. The minimum atomic E-state index is -0.458. The molecule has 3 aromatic rings. The van der Waals surface area contributed by atoms with Gasteiger partial charge in [-0.15, -0.1) is 0 Å². The third-order valence-electron chi connectivity index (χ3n) is 5.93. The zero-order valence-electron chi connectivity index (χ0n) is 17.5. The second-order valence-electron chi connectivity index (χ2n) is 7.93. The Morgan fingerprint density at radius 1 is 0.933 bits per heavy atom. The van der Waals surface area contributed by atoms with Crippen LogP contribution in [0.5, 0.6) is 5.75 Å². The molecule has 152 valence electrons. The Labute approximate surface area is 176 Å². The van der Waals surface area contributed by atoms with Crippen LogP contribution >= 0.6 is 0 Å². The van der Waals surface area contributed by atoms with E-state index in [-0.39, 0.29) is 11.7 Å². The van der Waals surface area contributed by atoms with Gasteiger partial charge >= 0.3 is 0 Å². The Bertz CT molecular complexity index is 1090. The van der Waals surface area contributed by atoms with Crippen LogP contribution in [0.25, 0.3) is 11.1 Å². The first kappa shape index (κ1) is 19.9. The number of ether oxygens (including phenoxy) is 1. The lowest BCUT2D eigenvalue weighted by atomic mass is 9.94. The second kappa shape index (κ2) is 7.79. The van der Waals surface area contributed by atoms with Gasteiger partial charge in [0.2, 0.25) is 5.91 Å². The molecule has 4 rings (SSSR count). The summed E-state index contributed by atoms with van der Waals surface area (Å²) < 4.78 is 5.23. The van der Waals surface area contributed by atoms with Crippen molar-refractivity contribution in [1.82, 2.24) is 0 Å². The highest BCUT2D eigenvalue weighted by Gasteiger charge is 2.51. The molecule has 0 spiro atoms. The fourth-order valence-corrected chi connectivity index (χ4v) is 3.83. The first-order chi connectivity index (χ1) is 14.4. The van der Waals surface area contributed by atoms with Gasteiger partial charge in [0.05, 0.1) is 12.5 Å². The summed E-state index contributed by atoms with van der Waals surface area (Å²) in [7, 11) is 1.64. The van der Waals surface area contributed by atoms with Gasteiger partial charge < -0.3 is 10.1 Å². The van der Waals surface area contributed by atoms with Crippen LogP contribution in [0.4, 0.5) is 5.69 Å². The van der Waals surface area contributed by atoms with Crippen molar-refractivity contribution in [3.05, 3.63) is 83.4 Å². The molecule has 1 fully saturated rings. The summed E-state index contributed by atoms with van der Waals surface area (Å²) in [5.74, 6) is 0.857. The summed E-state index contributed by atoms with van der Waals surface area (Å²) in [6.45, 7) is 3.60. The molecule has 0 unspecified atom stereocenters. The third kappa shape index (κ3) is 3.73. The number of rotatable bonds is 6. The lowest BCUT2D eigenvalue weighted by Crippen LogP contribution is -2.27. The van der Waals surface area contributed by atoms with E-state index < -0.39 is 5.41 Å². The van der Waals surface area contributed by atoms with E-state index >= 15 is 0 Å². The Balaban J connectivity index is 1.57. The molecule has 0 heterocycles. The number of aryl methyl sites for hydroxylation is 1. The van der Waals surface area contributed by atoms with Crippen molar-refractivity contribution in [3.8, 4) is 16.9 Å². The van der Waals surface area contributed by atoms with Crippen LogP contribution in [0.1, 0.15) is 41.3 Å². The molecule has 0 bridgehead atoms. The topological polar surface area (TPSA) is 55.4 Å². The molecule has 0 atom stereocenters. The number of hydrogen-bond donors (Lipinski definition) is 1. The fourth-order valence-electron chi connectivity index (χ4n) is 3.83. The quantitative estimate of drug-likeness (QED) is 0.554. The smallest absolute Gasteiger partial charge is 0.235 e. The fraction of sp³-hybridized carbons (Fsp3) is 0.231. The van der Waals surface area contributed by atoms with E-state index in [1.807, 2.05) is 73.7 Å². The van der Waals surface area contributed by atoms with Gasteiger partial charge in [-0.3, -0.25) is 9.59 Å². The van der Waals surface area contributed by atoms with Crippen LogP contribution in [0, 0.1) is 6.92 Å². The van der Waals surface area contributed by atoms with Crippen molar-refractivity contribution in [2.75, 3.05) is 12.4 Å². The van der Waals surface area contributed by atoms with E-state index in [1.54, 1.807) is 14.0 Å². The number of amides is 1. The Morgan fingerprint density at radius 3 is 2.17 bits per heavy atom. The Kier molecular flexibility index (Phi) is 5.17. The molecule has 1 saturated carbocycles. The van der Waals surface area contributed by atoms with Gasteiger partial charge in [-0.25, -0.2) is 0 Å². The molecule has 1 aliphatic rings. The van der Waals surface area contributed by atoms with Crippen molar-refractivity contribution in [3.63, 3.8) is 0 Å². The van der Waals surface area contributed by atoms with Gasteiger partial charge in [-0.1, -0.05) is 42.5 Å². The van der Waals surface area contributed by atoms with Crippen LogP contribution < -0.4 is 10.1 Å². The largest absolute Gasteiger partial charge is 0.497 e. The van der Waals surface area contributed by atoms with E-state index in [4.69, 9.17) is 4.74 Å². The van der Waals surface area contributed by atoms with Crippen molar-refractivity contribution in [2.45, 2.75) is 32.1 Å². The van der Waals surface area contributed by atoms with Gasteiger partial charge in [-0.2, -0.15) is 0 Å². The van der Waals surface area contributed by atoms with Gasteiger partial charge in [0.25, 0.3) is 0 Å². The van der Waals surface area contributed by atoms with Crippen molar-refractivity contribution in [2.24, 2.45) is 0 Å². The first-order valence-corrected chi connectivity index (χ1v) is 10.1. The molecule has 3 aromatic carbocycles. The van der Waals surface area contributed by atoms with Gasteiger partial charge in [0.15, 0.2) is 5.78 Å². The van der Waals surface area contributed by atoms with Gasteiger partial charge in [0.1, 0.15) is 5.75 Å². The number of methoxy groups -OCH3 is 1. The number of carbonyl (C=O) groups excluding carboxylic acids is 2. The predicted octanol–water partition coefficient (Wildman–Crippen LogP) is 5.54. The lowest BCUT2D eigenvalue weighted by molar-refractivity contribution is -0.118. The highest BCUT2D eigenvalue weighted by Crippen LogP contribution is 2.49. The second-order valence-corrected chi connectivity index (χ2v) is 7.93. The molecule has 1 aliphatic carbocycles. The predicted molar refractivity (Wildman–Crippen MR) is 119 cm³/mol. The molecule has 1 amide bonds. The van der Waals surface area contributed by atoms with Crippen LogP contribution in [-0.2, 0) is 10.2 Å². The maximum absolute atomic E-state index is 13.1. The highest BCUT2D eigenvalue weighted by atomic mass is 16.5. The summed E-state index contributed by atoms with van der Waals surface area (Å²) in [5.41, 5.74) is 5.20. The first-order valence-electron chi connectivity index (χ1n) is 10.1. The number of anilines is 1. The lowest BCUT2D eigenvalue weighted by Gasteiger charge is -2.17. The number of benzene rings is 3. The van der Waals surface area contributed by atoms with Crippen LogP contribution in [0.2, 0.25) is 0 Å². The molecule has 0 aromatic heterocycles. The van der Waals surface area contributed by atoms with E-state index in [9.17, 15) is 9.59 Å². The average Bonchev–Trinajstić information content (AvgIpc) is 3.57. The summed E-state index contributed by atoms with van der Waals surface area (Å²) in [6.07, 6.45) is 1.69. The normalized spacial score (nSPS) is 14.1. The van der Waals surface area contributed by atoms with E-state index in [1.165, 1.54) is 0 Å². The zero-order chi connectivity index (χ0) is 21.3. The Morgan fingerprint density at radius 2 is 1.60 bits per heavy atom. The average molecular weight is 399 g/mol. The Hall–Kier alpha value is -3.40. The van der Waals surface area contributed by atoms with Crippen LogP contribution in [-0.4, -0.2) is 18.8 Å². The zero-order valence-corrected chi connectivity index (χ0v) is 17.5. The maximum Gasteiger partial charge on any atom is 0.235 e. The molecular weight excluding hydrogens is 374 g/mol. The third-order valence-corrected chi connectivity index (χ3v) is 5.93. The molecule has 0 saturated heterocycles. The van der Waals surface area contributed by atoms with Crippen molar-refractivity contribution in [1.29, 1.82) is 0 Å². The summed E-state index contributed by atoms with van der Waals surface area (Å²) >= 11 is 0. The molecule has 4 nitrogen and oxygen atoms in total. The van der Waals surface area contributed by atoms with Gasteiger partial charge in [-0.05, 0) is 73.2 Å². The highest BCUT2D eigenvalue weighted by molar-refractivity contribution is 6.02. The monoisotopic (exact) mass is 399 g/mol. The standard InChI is InChI=1S/C26H25NO3/c1-17-4-11-22(16-24(17)20-7-5-19(6-8-20)18(2)28)27-25(29)26(14-15-26)21-9-12-23(30-3)13-10-21/h4-13,16H,14-15H2,1-3H3,(H,27,29). The number of Topliss-reactive ketones (excluding diaryl/α,β-unsaturated/α-hetero) is 1. The minimum Gasteiger partial charge on any atom is -0.497 e. The van der Waals surface area contributed by atoms with Gasteiger partial charge in [0, 0.05) is 11.3 Å². The SMILES string of the molecule is COc1ccc(C2(C(=O)Nc3ccc(C)c(-c4ccc(C(C)=O)cc4)c3)CC2)cc1. The summed E-state index contributed by atoms with van der Waals surface area (Å²) in [6, 6.07) is 21.3. The van der Waals surface area contributed by atoms with E-state index in [0.717, 1.165) is 46.5 Å². The van der Waals surface area contributed by atoms with E-state index in [2.05, 4.69) is 5.32 Å². The van der Waals surface area contributed by atoms with Crippen LogP contribution in [0.3, 0.4) is 0 Å².